The number of amides is 1. The summed E-state index contributed by atoms with van der Waals surface area (Å²) in [7, 11) is 0. The van der Waals surface area contributed by atoms with Crippen LogP contribution in [0.5, 0.6) is 0 Å². The Kier molecular flexibility index (Phi) is 3.54. The van der Waals surface area contributed by atoms with Crippen LogP contribution in [0.15, 0.2) is 18.2 Å². The highest BCUT2D eigenvalue weighted by atomic mass is 35.5. The van der Waals surface area contributed by atoms with E-state index in [2.05, 4.69) is 5.32 Å². The topological polar surface area (TPSA) is 64.4 Å². The van der Waals surface area contributed by atoms with Gasteiger partial charge < -0.3 is 15.8 Å². The fourth-order valence-electron chi connectivity index (χ4n) is 1.84. The second-order valence-electron chi connectivity index (χ2n) is 4.24. The van der Waals surface area contributed by atoms with Crippen molar-refractivity contribution in [1.29, 1.82) is 0 Å². The van der Waals surface area contributed by atoms with Crippen LogP contribution < -0.4 is 11.1 Å². The SMILES string of the molecule is CC1CCC(C(=O)Nc2ccc(N)cc2Cl)O1. The van der Waals surface area contributed by atoms with Crippen molar-refractivity contribution in [2.75, 3.05) is 11.1 Å². The average Bonchev–Trinajstić information content (AvgIpc) is 2.69. The van der Waals surface area contributed by atoms with E-state index in [1.807, 2.05) is 6.92 Å². The first-order chi connectivity index (χ1) is 8.06. The van der Waals surface area contributed by atoms with Gasteiger partial charge in [-0.3, -0.25) is 4.79 Å². The Labute approximate surface area is 105 Å². The minimum atomic E-state index is -0.376. The van der Waals surface area contributed by atoms with Crippen molar-refractivity contribution in [3.05, 3.63) is 23.2 Å². The van der Waals surface area contributed by atoms with Crippen molar-refractivity contribution in [2.45, 2.75) is 32.0 Å². The molecule has 3 N–H and O–H groups in total. The van der Waals surface area contributed by atoms with Crippen LogP contribution in [0.4, 0.5) is 11.4 Å². The molecule has 0 radical (unpaired) electrons. The molecular formula is C12H15ClN2O2. The van der Waals surface area contributed by atoms with Crippen molar-refractivity contribution in [3.63, 3.8) is 0 Å². The highest BCUT2D eigenvalue weighted by Gasteiger charge is 2.28. The second kappa shape index (κ2) is 4.94. The molecule has 1 fully saturated rings. The number of nitrogens with one attached hydrogen (secondary N) is 1. The molecule has 2 unspecified atom stereocenters. The monoisotopic (exact) mass is 254 g/mol. The molecule has 1 amide bonds. The van der Waals surface area contributed by atoms with Crippen molar-refractivity contribution >= 4 is 28.9 Å². The van der Waals surface area contributed by atoms with Gasteiger partial charge in [0.1, 0.15) is 6.10 Å². The molecule has 1 saturated heterocycles. The molecule has 0 saturated carbocycles. The van der Waals surface area contributed by atoms with Gasteiger partial charge in [-0.1, -0.05) is 11.6 Å². The Bertz CT molecular complexity index is 437. The molecule has 1 aromatic rings. The van der Waals surface area contributed by atoms with Crippen molar-refractivity contribution < 1.29 is 9.53 Å². The molecule has 1 aromatic carbocycles. The Morgan fingerprint density at radius 2 is 2.29 bits per heavy atom. The highest BCUT2D eigenvalue weighted by Crippen LogP contribution is 2.26. The molecule has 1 heterocycles. The molecule has 0 aromatic heterocycles. The lowest BCUT2D eigenvalue weighted by Gasteiger charge is -2.12. The van der Waals surface area contributed by atoms with Crippen LogP contribution in [0.2, 0.25) is 5.02 Å². The summed E-state index contributed by atoms with van der Waals surface area (Å²) in [5.41, 5.74) is 6.71. The van der Waals surface area contributed by atoms with Gasteiger partial charge in [-0.2, -0.15) is 0 Å². The summed E-state index contributed by atoms with van der Waals surface area (Å²) in [6, 6.07) is 4.99. The van der Waals surface area contributed by atoms with Crippen LogP contribution in [0.3, 0.4) is 0 Å². The van der Waals surface area contributed by atoms with Gasteiger partial charge in [-0.15, -0.1) is 0 Å². The molecule has 17 heavy (non-hydrogen) atoms. The predicted octanol–water partition coefficient (Wildman–Crippen LogP) is 2.43. The van der Waals surface area contributed by atoms with E-state index in [0.717, 1.165) is 12.8 Å². The molecular weight excluding hydrogens is 240 g/mol. The van der Waals surface area contributed by atoms with Gasteiger partial charge in [0, 0.05) is 5.69 Å². The summed E-state index contributed by atoms with van der Waals surface area (Å²) < 4.78 is 5.48. The van der Waals surface area contributed by atoms with Crippen LogP contribution in [0, 0.1) is 0 Å². The Morgan fingerprint density at radius 3 is 2.88 bits per heavy atom. The third kappa shape index (κ3) is 2.90. The zero-order chi connectivity index (χ0) is 12.4. The molecule has 0 aliphatic carbocycles. The van der Waals surface area contributed by atoms with E-state index < -0.39 is 0 Å². The molecule has 2 atom stereocenters. The lowest BCUT2D eigenvalue weighted by Crippen LogP contribution is -2.27. The highest BCUT2D eigenvalue weighted by molar-refractivity contribution is 6.34. The number of halogens is 1. The van der Waals surface area contributed by atoms with Gasteiger partial charge in [0.05, 0.1) is 16.8 Å². The molecule has 5 heteroatoms. The number of nitrogens with two attached hydrogens (primary N) is 1. The Balaban J connectivity index is 2.03. The third-order valence-corrected chi connectivity index (χ3v) is 3.09. The number of hydrogen-bond donors (Lipinski definition) is 2. The molecule has 0 spiro atoms. The first-order valence-corrected chi connectivity index (χ1v) is 5.95. The second-order valence-corrected chi connectivity index (χ2v) is 4.65. The van der Waals surface area contributed by atoms with Crippen LogP contribution in [0.1, 0.15) is 19.8 Å². The number of benzene rings is 1. The number of carbonyl (C=O) groups is 1. The Hall–Kier alpha value is -1.26. The van der Waals surface area contributed by atoms with Gasteiger partial charge >= 0.3 is 0 Å². The van der Waals surface area contributed by atoms with E-state index in [9.17, 15) is 4.79 Å². The maximum Gasteiger partial charge on any atom is 0.253 e. The average molecular weight is 255 g/mol. The van der Waals surface area contributed by atoms with Crippen molar-refractivity contribution in [3.8, 4) is 0 Å². The van der Waals surface area contributed by atoms with Gasteiger partial charge in [-0.05, 0) is 38.0 Å². The standard InChI is InChI=1S/C12H15ClN2O2/c1-7-2-5-11(17-7)12(16)15-10-4-3-8(14)6-9(10)13/h3-4,6-7,11H,2,5,14H2,1H3,(H,15,16). The van der Waals surface area contributed by atoms with Crippen LogP contribution in [0.25, 0.3) is 0 Å². The number of ether oxygens (including phenoxy) is 1. The van der Waals surface area contributed by atoms with Crippen LogP contribution in [-0.2, 0) is 9.53 Å². The fourth-order valence-corrected chi connectivity index (χ4v) is 2.08. The maximum absolute atomic E-state index is 11.9. The molecule has 1 aliphatic heterocycles. The van der Waals surface area contributed by atoms with Crippen LogP contribution in [-0.4, -0.2) is 18.1 Å². The molecule has 92 valence electrons. The smallest absolute Gasteiger partial charge is 0.253 e. The summed E-state index contributed by atoms with van der Waals surface area (Å²) >= 11 is 5.97. The summed E-state index contributed by atoms with van der Waals surface area (Å²) in [4.78, 5) is 11.9. The zero-order valence-corrected chi connectivity index (χ0v) is 10.3. The van der Waals surface area contributed by atoms with Gasteiger partial charge in [0.15, 0.2) is 0 Å². The van der Waals surface area contributed by atoms with E-state index in [4.69, 9.17) is 22.1 Å². The van der Waals surface area contributed by atoms with E-state index >= 15 is 0 Å². The summed E-state index contributed by atoms with van der Waals surface area (Å²) in [6.07, 6.45) is 1.43. The number of hydrogen-bond acceptors (Lipinski definition) is 3. The normalized spacial score (nSPS) is 23.6. The lowest BCUT2D eigenvalue weighted by molar-refractivity contribution is -0.126. The fraction of sp³-hybridized carbons (Fsp3) is 0.417. The van der Waals surface area contributed by atoms with E-state index in [1.54, 1.807) is 18.2 Å². The lowest BCUT2D eigenvalue weighted by atomic mass is 10.2. The molecule has 0 bridgehead atoms. The number of anilines is 2. The number of nitrogen functional groups attached to an aromatic ring is 1. The van der Waals surface area contributed by atoms with Crippen molar-refractivity contribution in [1.82, 2.24) is 0 Å². The minimum absolute atomic E-state index is 0.146. The molecule has 1 aliphatic rings. The number of carbonyl (C=O) groups excluding carboxylic acids is 1. The summed E-state index contributed by atoms with van der Waals surface area (Å²) in [6.45, 7) is 1.96. The Morgan fingerprint density at radius 1 is 1.53 bits per heavy atom. The maximum atomic E-state index is 11.9. The zero-order valence-electron chi connectivity index (χ0n) is 9.57. The predicted molar refractivity (Wildman–Crippen MR) is 68.1 cm³/mol. The molecule has 2 rings (SSSR count). The summed E-state index contributed by atoms with van der Waals surface area (Å²) in [5.74, 6) is -0.152. The first kappa shape index (κ1) is 12.2. The molecule has 4 nitrogen and oxygen atoms in total. The number of rotatable bonds is 2. The minimum Gasteiger partial charge on any atom is -0.399 e. The van der Waals surface area contributed by atoms with E-state index in [0.29, 0.717) is 16.4 Å². The van der Waals surface area contributed by atoms with Crippen molar-refractivity contribution in [2.24, 2.45) is 0 Å². The largest absolute Gasteiger partial charge is 0.399 e. The van der Waals surface area contributed by atoms with Gasteiger partial charge in [0.25, 0.3) is 5.91 Å². The summed E-state index contributed by atoms with van der Waals surface area (Å²) in [5, 5.41) is 3.18. The van der Waals surface area contributed by atoms with E-state index in [-0.39, 0.29) is 18.1 Å². The third-order valence-electron chi connectivity index (χ3n) is 2.78. The first-order valence-electron chi connectivity index (χ1n) is 5.57. The van der Waals surface area contributed by atoms with Crippen LogP contribution >= 0.6 is 11.6 Å². The van der Waals surface area contributed by atoms with Gasteiger partial charge in [0.2, 0.25) is 0 Å². The van der Waals surface area contributed by atoms with Gasteiger partial charge in [-0.25, -0.2) is 0 Å². The quantitative estimate of drug-likeness (QED) is 0.797. The van der Waals surface area contributed by atoms with E-state index in [1.165, 1.54) is 0 Å².